The van der Waals surface area contributed by atoms with Crippen LogP contribution in [0.15, 0.2) is 0 Å². The second-order valence-electron chi connectivity index (χ2n) is 4.51. The van der Waals surface area contributed by atoms with Crippen molar-refractivity contribution in [2.24, 2.45) is 0 Å². The van der Waals surface area contributed by atoms with Crippen molar-refractivity contribution in [2.75, 3.05) is 30.5 Å². The van der Waals surface area contributed by atoms with Crippen molar-refractivity contribution in [3.05, 3.63) is 0 Å². The summed E-state index contributed by atoms with van der Waals surface area (Å²) in [6.45, 7) is 0.0672. The number of carbonyl (C=O) groups is 1. The highest BCUT2D eigenvalue weighted by molar-refractivity contribution is 7.91. The molecular formula is C11H20ClNO4S. The summed E-state index contributed by atoms with van der Waals surface area (Å²) in [6, 6.07) is -0.273. The molecule has 1 rings (SSSR count). The maximum Gasteiger partial charge on any atom is 0.222 e. The fourth-order valence-corrected chi connectivity index (χ4v) is 4.07. The van der Waals surface area contributed by atoms with Gasteiger partial charge in [-0.05, 0) is 19.3 Å². The van der Waals surface area contributed by atoms with Crippen LogP contribution in [-0.4, -0.2) is 60.9 Å². The second-order valence-corrected chi connectivity index (χ2v) is 7.12. The Morgan fingerprint density at radius 2 is 2.11 bits per heavy atom. The molecule has 0 bridgehead atoms. The van der Waals surface area contributed by atoms with E-state index in [1.807, 2.05) is 0 Å². The molecule has 1 unspecified atom stereocenters. The van der Waals surface area contributed by atoms with Crippen LogP contribution in [0.5, 0.6) is 0 Å². The minimum Gasteiger partial charge on any atom is -0.395 e. The van der Waals surface area contributed by atoms with Crippen molar-refractivity contribution in [3.63, 3.8) is 0 Å². The number of aliphatic hydroxyl groups excluding tert-OH is 1. The van der Waals surface area contributed by atoms with E-state index in [0.717, 1.165) is 6.42 Å². The summed E-state index contributed by atoms with van der Waals surface area (Å²) in [7, 11) is -3.01. The second kappa shape index (κ2) is 7.31. The predicted molar refractivity (Wildman–Crippen MR) is 70.4 cm³/mol. The minimum absolute atomic E-state index is 0.0221. The van der Waals surface area contributed by atoms with E-state index in [1.54, 1.807) is 0 Å². The van der Waals surface area contributed by atoms with Crippen molar-refractivity contribution >= 4 is 27.3 Å². The van der Waals surface area contributed by atoms with E-state index < -0.39 is 9.84 Å². The van der Waals surface area contributed by atoms with E-state index in [-0.39, 0.29) is 36.6 Å². The van der Waals surface area contributed by atoms with Crippen molar-refractivity contribution in [2.45, 2.75) is 31.7 Å². The minimum atomic E-state index is -3.01. The molecule has 7 heteroatoms. The quantitative estimate of drug-likeness (QED) is 0.545. The van der Waals surface area contributed by atoms with Gasteiger partial charge in [-0.2, -0.15) is 0 Å². The number of sulfone groups is 1. The Bertz CT molecular complexity index is 371. The Morgan fingerprint density at radius 1 is 1.39 bits per heavy atom. The van der Waals surface area contributed by atoms with E-state index in [4.69, 9.17) is 16.7 Å². The van der Waals surface area contributed by atoms with Gasteiger partial charge in [0.1, 0.15) is 0 Å². The molecule has 0 spiro atoms. The average Bonchev–Trinajstić information content (AvgIpc) is 2.66. The standard InChI is InChI=1S/C11H20ClNO4S/c12-5-2-1-3-11(15)13(6-7-14)10-4-8-18(16,17)9-10/h10,14H,1-9H2. The van der Waals surface area contributed by atoms with Crippen LogP contribution in [0.3, 0.4) is 0 Å². The molecule has 0 aromatic rings. The van der Waals surface area contributed by atoms with Crippen LogP contribution in [-0.2, 0) is 14.6 Å². The number of unbranched alkanes of at least 4 members (excludes halogenated alkanes) is 1. The Hall–Kier alpha value is -0.330. The first-order valence-electron chi connectivity index (χ1n) is 6.17. The largest absolute Gasteiger partial charge is 0.395 e. The predicted octanol–water partition coefficient (Wildman–Crippen LogP) is 0.404. The summed E-state index contributed by atoms with van der Waals surface area (Å²) in [5, 5.41) is 8.98. The van der Waals surface area contributed by atoms with Crippen LogP contribution in [0, 0.1) is 0 Å². The number of aliphatic hydroxyl groups is 1. The normalized spacial score (nSPS) is 22.0. The zero-order valence-corrected chi connectivity index (χ0v) is 11.9. The topological polar surface area (TPSA) is 74.7 Å². The van der Waals surface area contributed by atoms with Crippen LogP contribution in [0.2, 0.25) is 0 Å². The molecule has 1 heterocycles. The first kappa shape index (κ1) is 15.7. The monoisotopic (exact) mass is 297 g/mol. The van der Waals surface area contributed by atoms with Crippen LogP contribution >= 0.6 is 11.6 Å². The molecule has 0 aliphatic carbocycles. The number of hydrogen-bond acceptors (Lipinski definition) is 4. The SMILES string of the molecule is O=C(CCCCCl)N(CCO)C1CCS(=O)(=O)C1. The first-order valence-corrected chi connectivity index (χ1v) is 8.52. The smallest absolute Gasteiger partial charge is 0.222 e. The maximum atomic E-state index is 12.0. The van der Waals surface area contributed by atoms with E-state index in [1.165, 1.54) is 4.90 Å². The van der Waals surface area contributed by atoms with Crippen molar-refractivity contribution in [1.82, 2.24) is 4.90 Å². The number of rotatable bonds is 7. The summed E-state index contributed by atoms with van der Waals surface area (Å²) < 4.78 is 22.8. The molecule has 18 heavy (non-hydrogen) atoms. The lowest BCUT2D eigenvalue weighted by Gasteiger charge is -2.27. The van der Waals surface area contributed by atoms with E-state index >= 15 is 0 Å². The number of nitrogens with zero attached hydrogens (tertiary/aromatic N) is 1. The summed E-state index contributed by atoms with van der Waals surface area (Å²) in [6.07, 6.45) is 2.31. The molecule has 5 nitrogen and oxygen atoms in total. The van der Waals surface area contributed by atoms with Crippen molar-refractivity contribution in [3.8, 4) is 0 Å². The van der Waals surface area contributed by atoms with Gasteiger partial charge in [0.2, 0.25) is 5.91 Å². The third kappa shape index (κ3) is 4.74. The zero-order chi connectivity index (χ0) is 13.6. The van der Waals surface area contributed by atoms with Crippen LogP contribution in [0.25, 0.3) is 0 Å². The van der Waals surface area contributed by atoms with Crippen molar-refractivity contribution in [1.29, 1.82) is 0 Å². The molecule has 1 aliphatic rings. The number of amides is 1. The van der Waals surface area contributed by atoms with Crippen molar-refractivity contribution < 1.29 is 18.3 Å². The van der Waals surface area contributed by atoms with Gasteiger partial charge in [-0.25, -0.2) is 8.42 Å². The number of halogens is 1. The molecule has 0 aromatic carbocycles. The van der Waals surface area contributed by atoms with Gasteiger partial charge in [0, 0.05) is 24.9 Å². The molecule has 1 amide bonds. The van der Waals surface area contributed by atoms with Gasteiger partial charge in [-0.1, -0.05) is 0 Å². The molecule has 106 valence electrons. The average molecular weight is 298 g/mol. The highest BCUT2D eigenvalue weighted by Gasteiger charge is 2.33. The number of hydrogen-bond donors (Lipinski definition) is 1. The summed E-state index contributed by atoms with van der Waals surface area (Å²) in [5.41, 5.74) is 0. The molecule has 0 saturated carbocycles. The first-order chi connectivity index (χ1) is 8.50. The Labute approximate surface area is 113 Å². The fraction of sp³-hybridized carbons (Fsp3) is 0.909. The zero-order valence-electron chi connectivity index (χ0n) is 10.3. The molecule has 0 aromatic heterocycles. The highest BCUT2D eigenvalue weighted by Crippen LogP contribution is 2.19. The van der Waals surface area contributed by atoms with Gasteiger partial charge in [0.05, 0.1) is 18.1 Å². The third-order valence-corrected chi connectivity index (χ3v) is 5.10. The molecule has 0 radical (unpaired) electrons. The Kier molecular flexibility index (Phi) is 6.38. The van der Waals surface area contributed by atoms with Crippen LogP contribution < -0.4 is 0 Å². The van der Waals surface area contributed by atoms with Gasteiger partial charge < -0.3 is 10.0 Å². The Morgan fingerprint density at radius 3 is 2.61 bits per heavy atom. The van der Waals surface area contributed by atoms with Crippen LogP contribution in [0.4, 0.5) is 0 Å². The maximum absolute atomic E-state index is 12.0. The van der Waals surface area contributed by atoms with Gasteiger partial charge in [-0.15, -0.1) is 11.6 Å². The molecule has 1 aliphatic heterocycles. The van der Waals surface area contributed by atoms with Gasteiger partial charge in [-0.3, -0.25) is 4.79 Å². The summed E-state index contributed by atoms with van der Waals surface area (Å²) >= 11 is 5.55. The molecular weight excluding hydrogens is 278 g/mol. The molecule has 1 fully saturated rings. The number of carbonyl (C=O) groups excluding carboxylic acids is 1. The van der Waals surface area contributed by atoms with Crippen LogP contribution in [0.1, 0.15) is 25.7 Å². The van der Waals surface area contributed by atoms with Gasteiger partial charge in [0.15, 0.2) is 9.84 Å². The molecule has 1 saturated heterocycles. The van der Waals surface area contributed by atoms with Gasteiger partial charge in [0.25, 0.3) is 0 Å². The molecule has 1 N–H and O–H groups in total. The summed E-state index contributed by atoms with van der Waals surface area (Å²) in [5.74, 6) is 0.588. The fourth-order valence-electron chi connectivity index (χ4n) is 2.15. The summed E-state index contributed by atoms with van der Waals surface area (Å²) in [4.78, 5) is 13.5. The van der Waals surface area contributed by atoms with E-state index in [9.17, 15) is 13.2 Å². The van der Waals surface area contributed by atoms with E-state index in [0.29, 0.717) is 25.1 Å². The highest BCUT2D eigenvalue weighted by atomic mass is 35.5. The lowest BCUT2D eigenvalue weighted by Crippen LogP contribution is -2.42. The van der Waals surface area contributed by atoms with E-state index in [2.05, 4.69) is 0 Å². The number of alkyl halides is 1. The van der Waals surface area contributed by atoms with Gasteiger partial charge >= 0.3 is 0 Å². The Balaban J connectivity index is 2.56. The molecule has 1 atom stereocenters. The lowest BCUT2D eigenvalue weighted by molar-refractivity contribution is -0.133. The lowest BCUT2D eigenvalue weighted by atomic mass is 10.1. The third-order valence-electron chi connectivity index (χ3n) is 3.08.